The minimum absolute atomic E-state index is 0.0264. The molecule has 0 spiro atoms. The first kappa shape index (κ1) is 22.4. The van der Waals surface area contributed by atoms with Crippen LogP contribution in [0.2, 0.25) is 0 Å². The van der Waals surface area contributed by atoms with E-state index in [1.54, 1.807) is 19.2 Å². The number of benzene rings is 2. The molecular weight excluding hydrogens is 429 g/mol. The highest BCUT2D eigenvalue weighted by molar-refractivity contribution is 7.17. The van der Waals surface area contributed by atoms with Crippen molar-refractivity contribution in [3.63, 3.8) is 0 Å². The smallest absolute Gasteiger partial charge is 0.263 e. The Labute approximate surface area is 191 Å². The molecule has 1 aliphatic heterocycles. The molecule has 8 heteroatoms. The van der Waals surface area contributed by atoms with Gasteiger partial charge in [-0.1, -0.05) is 12.1 Å². The Morgan fingerprint density at radius 2 is 1.88 bits per heavy atom. The van der Waals surface area contributed by atoms with Crippen LogP contribution in [-0.2, 0) is 4.74 Å². The highest BCUT2D eigenvalue weighted by Crippen LogP contribution is 2.29. The van der Waals surface area contributed by atoms with Crippen LogP contribution in [0.15, 0.2) is 48.5 Å². The van der Waals surface area contributed by atoms with Gasteiger partial charge in [0, 0.05) is 25.2 Å². The van der Waals surface area contributed by atoms with Crippen molar-refractivity contribution in [2.45, 2.75) is 13.0 Å². The van der Waals surface area contributed by atoms with Crippen LogP contribution in [-0.4, -0.2) is 55.7 Å². The lowest BCUT2D eigenvalue weighted by atomic mass is 10.0. The molecule has 1 fully saturated rings. The second-order valence-corrected chi connectivity index (χ2v) is 8.59. The third-order valence-corrected chi connectivity index (χ3v) is 6.74. The third-order valence-electron chi connectivity index (χ3n) is 5.54. The number of morpholine rings is 1. The summed E-state index contributed by atoms with van der Waals surface area (Å²) in [5, 5.41) is 3.80. The molecule has 0 saturated carbocycles. The van der Waals surface area contributed by atoms with Crippen molar-refractivity contribution in [2.24, 2.45) is 0 Å². The van der Waals surface area contributed by atoms with Gasteiger partial charge >= 0.3 is 0 Å². The van der Waals surface area contributed by atoms with Gasteiger partial charge in [0.05, 0.1) is 32.1 Å². The summed E-state index contributed by atoms with van der Waals surface area (Å²) in [4.78, 5) is 20.4. The molecule has 1 aliphatic rings. The maximum absolute atomic E-state index is 13.2. The van der Waals surface area contributed by atoms with Crippen LogP contribution in [0.25, 0.3) is 10.6 Å². The summed E-state index contributed by atoms with van der Waals surface area (Å²) in [5.41, 5.74) is 2.57. The Bertz CT molecular complexity index is 1050. The maximum atomic E-state index is 13.2. The SMILES string of the molecule is COc1ccc([C@@H](CNC(=O)c2sc(-c3ccc(F)cc3)nc2C)N2CCOCC2)cc1. The average Bonchev–Trinajstić information content (AvgIpc) is 3.22. The van der Waals surface area contributed by atoms with Crippen molar-refractivity contribution in [1.82, 2.24) is 15.2 Å². The van der Waals surface area contributed by atoms with Crippen molar-refractivity contribution in [1.29, 1.82) is 0 Å². The Kier molecular flexibility index (Phi) is 7.14. The van der Waals surface area contributed by atoms with E-state index in [0.29, 0.717) is 35.3 Å². The topological polar surface area (TPSA) is 63.7 Å². The van der Waals surface area contributed by atoms with Gasteiger partial charge < -0.3 is 14.8 Å². The van der Waals surface area contributed by atoms with Crippen LogP contribution in [0.1, 0.15) is 27.0 Å². The third kappa shape index (κ3) is 5.15. The number of carbonyl (C=O) groups is 1. The van der Waals surface area contributed by atoms with Crippen LogP contribution in [0.4, 0.5) is 4.39 Å². The number of halogens is 1. The fraction of sp³-hybridized carbons (Fsp3) is 0.333. The molecule has 32 heavy (non-hydrogen) atoms. The first-order valence-electron chi connectivity index (χ1n) is 10.5. The van der Waals surface area contributed by atoms with Crippen LogP contribution < -0.4 is 10.1 Å². The molecule has 0 bridgehead atoms. The Hall–Kier alpha value is -2.81. The zero-order valence-corrected chi connectivity index (χ0v) is 19.0. The second-order valence-electron chi connectivity index (χ2n) is 7.59. The molecule has 3 aromatic rings. The summed E-state index contributed by atoms with van der Waals surface area (Å²) in [6.07, 6.45) is 0. The van der Waals surface area contributed by atoms with E-state index < -0.39 is 0 Å². The molecule has 2 heterocycles. The molecule has 1 saturated heterocycles. The van der Waals surface area contributed by atoms with Crippen molar-refractivity contribution in [2.75, 3.05) is 40.0 Å². The summed E-state index contributed by atoms with van der Waals surface area (Å²) in [7, 11) is 1.65. The number of ether oxygens (including phenoxy) is 2. The van der Waals surface area contributed by atoms with Gasteiger partial charge in [0.25, 0.3) is 5.91 Å². The van der Waals surface area contributed by atoms with E-state index in [1.807, 2.05) is 31.2 Å². The van der Waals surface area contributed by atoms with Crippen LogP contribution in [0, 0.1) is 12.7 Å². The second kappa shape index (κ2) is 10.2. The van der Waals surface area contributed by atoms with E-state index in [1.165, 1.54) is 23.5 Å². The molecule has 0 radical (unpaired) electrons. The van der Waals surface area contributed by atoms with Crippen molar-refractivity contribution in [3.05, 3.63) is 70.5 Å². The van der Waals surface area contributed by atoms with E-state index in [0.717, 1.165) is 30.0 Å². The Balaban J connectivity index is 1.49. The number of thiazole rings is 1. The maximum Gasteiger partial charge on any atom is 0.263 e. The van der Waals surface area contributed by atoms with Crippen molar-refractivity contribution < 1.29 is 18.7 Å². The lowest BCUT2D eigenvalue weighted by Gasteiger charge is -2.35. The molecule has 0 aliphatic carbocycles. The molecule has 2 aromatic carbocycles. The summed E-state index contributed by atoms with van der Waals surface area (Å²) in [6, 6.07) is 14.1. The molecule has 4 rings (SSSR count). The van der Waals surface area contributed by atoms with Crippen LogP contribution in [0.3, 0.4) is 0 Å². The molecule has 1 atom stereocenters. The van der Waals surface area contributed by atoms with E-state index in [-0.39, 0.29) is 17.8 Å². The van der Waals surface area contributed by atoms with E-state index in [9.17, 15) is 9.18 Å². The normalized spacial score (nSPS) is 15.3. The van der Waals surface area contributed by atoms with Crippen molar-refractivity contribution in [3.8, 4) is 16.3 Å². The van der Waals surface area contributed by atoms with E-state index in [4.69, 9.17) is 9.47 Å². The summed E-state index contributed by atoms with van der Waals surface area (Å²) < 4.78 is 24.0. The number of hydrogen-bond donors (Lipinski definition) is 1. The number of carbonyl (C=O) groups excluding carboxylic acids is 1. The lowest BCUT2D eigenvalue weighted by molar-refractivity contribution is 0.0162. The Morgan fingerprint density at radius 3 is 2.53 bits per heavy atom. The van der Waals surface area contributed by atoms with E-state index in [2.05, 4.69) is 15.2 Å². The summed E-state index contributed by atoms with van der Waals surface area (Å²) >= 11 is 1.32. The van der Waals surface area contributed by atoms with E-state index >= 15 is 0 Å². The van der Waals surface area contributed by atoms with Gasteiger partial charge in [0.15, 0.2) is 0 Å². The molecule has 1 aromatic heterocycles. The standard InChI is InChI=1S/C24H26FN3O3S/c1-16-22(32-24(27-16)18-3-7-19(25)8-4-18)23(29)26-15-21(28-11-13-31-14-12-28)17-5-9-20(30-2)10-6-17/h3-10,21H,11-15H2,1-2H3,(H,26,29)/t21-/m1/s1. The molecule has 6 nitrogen and oxygen atoms in total. The summed E-state index contributed by atoms with van der Waals surface area (Å²) in [5.74, 6) is 0.347. The molecule has 1 amide bonds. The first-order valence-corrected chi connectivity index (χ1v) is 11.3. The number of rotatable bonds is 7. The highest BCUT2D eigenvalue weighted by Gasteiger charge is 2.24. The minimum atomic E-state index is -0.298. The zero-order valence-electron chi connectivity index (χ0n) is 18.1. The number of aromatic nitrogens is 1. The van der Waals surface area contributed by atoms with Gasteiger partial charge in [-0.2, -0.15) is 0 Å². The molecule has 1 N–H and O–H groups in total. The van der Waals surface area contributed by atoms with Gasteiger partial charge in [-0.3, -0.25) is 9.69 Å². The number of methoxy groups -OCH3 is 1. The highest BCUT2D eigenvalue weighted by atomic mass is 32.1. The largest absolute Gasteiger partial charge is 0.497 e. The van der Waals surface area contributed by atoms with Crippen molar-refractivity contribution >= 4 is 17.2 Å². The monoisotopic (exact) mass is 455 g/mol. The number of nitrogens with one attached hydrogen (secondary N) is 1. The van der Waals surface area contributed by atoms with Gasteiger partial charge in [0.2, 0.25) is 0 Å². The number of nitrogens with zero attached hydrogens (tertiary/aromatic N) is 2. The molecule has 0 unspecified atom stereocenters. The average molecular weight is 456 g/mol. The predicted octanol–water partition coefficient (Wildman–Crippen LogP) is 4.07. The van der Waals surface area contributed by atoms with Gasteiger partial charge in [-0.15, -0.1) is 11.3 Å². The fourth-order valence-electron chi connectivity index (χ4n) is 3.77. The zero-order chi connectivity index (χ0) is 22.5. The fourth-order valence-corrected chi connectivity index (χ4v) is 4.75. The quantitative estimate of drug-likeness (QED) is 0.582. The predicted molar refractivity (Wildman–Crippen MR) is 123 cm³/mol. The van der Waals surface area contributed by atoms with Crippen LogP contribution >= 0.6 is 11.3 Å². The van der Waals surface area contributed by atoms with Gasteiger partial charge in [0.1, 0.15) is 21.5 Å². The molecule has 168 valence electrons. The van der Waals surface area contributed by atoms with Crippen LogP contribution in [0.5, 0.6) is 5.75 Å². The van der Waals surface area contributed by atoms with Gasteiger partial charge in [-0.05, 0) is 48.9 Å². The summed E-state index contributed by atoms with van der Waals surface area (Å²) in [6.45, 7) is 5.25. The minimum Gasteiger partial charge on any atom is -0.497 e. The number of aryl methyl sites for hydroxylation is 1. The Morgan fingerprint density at radius 1 is 1.19 bits per heavy atom. The van der Waals surface area contributed by atoms with Gasteiger partial charge in [-0.25, -0.2) is 9.37 Å². The first-order chi connectivity index (χ1) is 15.5. The lowest BCUT2D eigenvalue weighted by Crippen LogP contribution is -2.43. The number of hydrogen-bond acceptors (Lipinski definition) is 6. The number of amides is 1. The molecular formula is C24H26FN3O3S.